The highest BCUT2D eigenvalue weighted by atomic mass is 16.5. The molecule has 128 valence electrons. The lowest BCUT2D eigenvalue weighted by Gasteiger charge is -2.11. The molecule has 4 heteroatoms. The van der Waals surface area contributed by atoms with Crippen molar-refractivity contribution in [2.45, 2.75) is 27.2 Å². The lowest BCUT2D eigenvalue weighted by molar-refractivity contribution is 0.0939. The van der Waals surface area contributed by atoms with Gasteiger partial charge in [0, 0.05) is 17.9 Å². The van der Waals surface area contributed by atoms with E-state index in [0.717, 1.165) is 12.2 Å². The molecule has 2 aromatic carbocycles. The second-order valence-corrected chi connectivity index (χ2v) is 6.14. The summed E-state index contributed by atoms with van der Waals surface area (Å²) in [6.45, 7) is 6.87. The minimum atomic E-state index is -0.0462. The van der Waals surface area contributed by atoms with Crippen molar-refractivity contribution in [2.24, 2.45) is 5.92 Å². The number of nitrogens with two attached hydrogens (primary N) is 1. The molecule has 24 heavy (non-hydrogen) atoms. The van der Waals surface area contributed by atoms with Crippen LogP contribution in [0, 0.1) is 12.8 Å². The molecule has 0 bridgehead atoms. The molecule has 0 spiro atoms. The molecule has 4 nitrogen and oxygen atoms in total. The van der Waals surface area contributed by atoms with E-state index in [-0.39, 0.29) is 11.7 Å². The maximum atomic E-state index is 12.0. The molecular weight excluding hydrogens is 302 g/mol. The molecule has 0 fully saturated rings. The van der Waals surface area contributed by atoms with Crippen molar-refractivity contribution in [3.63, 3.8) is 0 Å². The summed E-state index contributed by atoms with van der Waals surface area (Å²) < 4.78 is 11.3. The summed E-state index contributed by atoms with van der Waals surface area (Å²) in [6.07, 6.45) is 0.750. The summed E-state index contributed by atoms with van der Waals surface area (Å²) in [4.78, 5) is 12.0. The van der Waals surface area contributed by atoms with E-state index in [1.165, 1.54) is 5.56 Å². The number of rotatable bonds is 8. The van der Waals surface area contributed by atoms with Crippen molar-refractivity contribution in [1.29, 1.82) is 0 Å². The predicted molar refractivity (Wildman–Crippen MR) is 96.8 cm³/mol. The van der Waals surface area contributed by atoms with Crippen LogP contribution >= 0.6 is 0 Å². The summed E-state index contributed by atoms with van der Waals surface area (Å²) in [5, 5.41) is 0. The number of nitrogen functional groups attached to an aromatic ring is 1. The van der Waals surface area contributed by atoms with Gasteiger partial charge in [0.25, 0.3) is 0 Å². The van der Waals surface area contributed by atoms with Crippen molar-refractivity contribution >= 4 is 11.5 Å². The van der Waals surface area contributed by atoms with Crippen LogP contribution in [-0.2, 0) is 0 Å². The third-order valence-corrected chi connectivity index (χ3v) is 3.65. The van der Waals surface area contributed by atoms with Crippen LogP contribution in [0.4, 0.5) is 5.69 Å². The number of anilines is 1. The molecule has 0 heterocycles. The number of hydrogen-bond acceptors (Lipinski definition) is 4. The van der Waals surface area contributed by atoms with Crippen LogP contribution in [0.25, 0.3) is 0 Å². The first kappa shape index (κ1) is 17.9. The van der Waals surface area contributed by atoms with Crippen molar-refractivity contribution in [3.8, 4) is 11.5 Å². The van der Waals surface area contributed by atoms with Crippen molar-refractivity contribution in [2.75, 3.05) is 18.9 Å². The van der Waals surface area contributed by atoms with E-state index < -0.39 is 0 Å². The van der Waals surface area contributed by atoms with Gasteiger partial charge in [0.2, 0.25) is 0 Å². The van der Waals surface area contributed by atoms with Gasteiger partial charge >= 0.3 is 0 Å². The molecule has 0 radical (unpaired) electrons. The molecule has 2 N–H and O–H groups in total. The second kappa shape index (κ2) is 8.39. The van der Waals surface area contributed by atoms with Crippen molar-refractivity contribution < 1.29 is 14.3 Å². The maximum Gasteiger partial charge on any atom is 0.165 e. The quantitative estimate of drug-likeness (QED) is 0.447. The predicted octanol–water partition coefficient (Wildman–Crippen LogP) is 4.26. The summed E-state index contributed by atoms with van der Waals surface area (Å²) in [6, 6.07) is 13.2. The van der Waals surface area contributed by atoms with Gasteiger partial charge in [-0.1, -0.05) is 31.5 Å². The molecule has 2 aromatic rings. The van der Waals surface area contributed by atoms with Crippen molar-refractivity contribution in [1.82, 2.24) is 0 Å². The first-order valence-electron chi connectivity index (χ1n) is 8.23. The van der Waals surface area contributed by atoms with E-state index in [1.807, 2.05) is 45.0 Å². The molecule has 2 rings (SSSR count). The molecule has 0 saturated carbocycles. The standard InChI is InChI=1S/C20H25NO3/c1-14(2)20(22)16-7-10-19(18(21)13-16)24-12-4-11-23-17-8-5-15(3)6-9-17/h5-10,13-14H,4,11-12,21H2,1-3H3. The number of ether oxygens (including phenoxy) is 2. The van der Waals surface area contributed by atoms with Gasteiger partial charge in [-0.2, -0.15) is 0 Å². The van der Waals surface area contributed by atoms with Crippen LogP contribution < -0.4 is 15.2 Å². The van der Waals surface area contributed by atoms with E-state index in [0.29, 0.717) is 30.2 Å². The molecular formula is C20H25NO3. The molecule has 0 aromatic heterocycles. The van der Waals surface area contributed by atoms with E-state index in [4.69, 9.17) is 15.2 Å². The fraction of sp³-hybridized carbons (Fsp3) is 0.350. The zero-order valence-electron chi connectivity index (χ0n) is 14.5. The first-order chi connectivity index (χ1) is 11.5. The Morgan fingerprint density at radius 2 is 1.71 bits per heavy atom. The lowest BCUT2D eigenvalue weighted by atomic mass is 10.0. The van der Waals surface area contributed by atoms with Crippen LogP contribution in [-0.4, -0.2) is 19.0 Å². The molecule has 0 amide bonds. The van der Waals surface area contributed by atoms with Crippen LogP contribution in [0.3, 0.4) is 0 Å². The lowest BCUT2D eigenvalue weighted by Crippen LogP contribution is -2.09. The van der Waals surface area contributed by atoms with E-state index in [2.05, 4.69) is 0 Å². The highest BCUT2D eigenvalue weighted by molar-refractivity contribution is 5.98. The third kappa shape index (κ3) is 5.01. The number of hydrogen-bond donors (Lipinski definition) is 1. The monoisotopic (exact) mass is 327 g/mol. The van der Waals surface area contributed by atoms with Gasteiger partial charge in [0.15, 0.2) is 5.78 Å². The van der Waals surface area contributed by atoms with Gasteiger partial charge in [0.05, 0.1) is 18.9 Å². The highest BCUT2D eigenvalue weighted by Crippen LogP contribution is 2.24. The van der Waals surface area contributed by atoms with Crippen molar-refractivity contribution in [3.05, 3.63) is 53.6 Å². The Balaban J connectivity index is 1.78. The molecule has 0 atom stereocenters. The van der Waals surface area contributed by atoms with E-state index in [9.17, 15) is 4.79 Å². The second-order valence-electron chi connectivity index (χ2n) is 6.14. The van der Waals surface area contributed by atoms with Gasteiger partial charge in [-0.05, 0) is 37.3 Å². The Hall–Kier alpha value is -2.49. The van der Waals surface area contributed by atoms with Gasteiger partial charge in [0.1, 0.15) is 11.5 Å². The summed E-state index contributed by atoms with van der Waals surface area (Å²) in [5.74, 6) is 1.50. The molecule has 0 unspecified atom stereocenters. The zero-order valence-corrected chi connectivity index (χ0v) is 14.5. The number of carbonyl (C=O) groups excluding carboxylic acids is 1. The molecule has 0 saturated heterocycles. The Bertz CT molecular complexity index is 678. The number of aryl methyl sites for hydroxylation is 1. The molecule has 0 aliphatic rings. The largest absolute Gasteiger partial charge is 0.493 e. The zero-order chi connectivity index (χ0) is 17.5. The van der Waals surface area contributed by atoms with Crippen LogP contribution in [0.5, 0.6) is 11.5 Å². The average molecular weight is 327 g/mol. The Morgan fingerprint density at radius 1 is 1.04 bits per heavy atom. The summed E-state index contributed by atoms with van der Waals surface area (Å²) in [7, 11) is 0. The normalized spacial score (nSPS) is 10.7. The maximum absolute atomic E-state index is 12.0. The fourth-order valence-corrected chi connectivity index (χ4v) is 2.23. The number of carbonyl (C=O) groups is 1. The van der Waals surface area contributed by atoms with Gasteiger partial charge < -0.3 is 15.2 Å². The van der Waals surface area contributed by atoms with Gasteiger partial charge in [-0.25, -0.2) is 0 Å². The number of benzene rings is 2. The minimum absolute atomic E-state index is 0.0462. The highest BCUT2D eigenvalue weighted by Gasteiger charge is 2.12. The van der Waals surface area contributed by atoms with Crippen LogP contribution in [0.1, 0.15) is 36.2 Å². The number of Topliss-reactive ketones (excluding diaryl/α,β-unsaturated/α-hetero) is 1. The minimum Gasteiger partial charge on any atom is -0.493 e. The number of ketones is 1. The third-order valence-electron chi connectivity index (χ3n) is 3.65. The molecule has 0 aliphatic heterocycles. The van der Waals surface area contributed by atoms with Crippen LogP contribution in [0.15, 0.2) is 42.5 Å². The summed E-state index contributed by atoms with van der Waals surface area (Å²) in [5.41, 5.74) is 8.29. The first-order valence-corrected chi connectivity index (χ1v) is 8.23. The Labute approximate surface area is 143 Å². The van der Waals surface area contributed by atoms with Gasteiger partial charge in [-0.3, -0.25) is 4.79 Å². The van der Waals surface area contributed by atoms with Gasteiger partial charge in [-0.15, -0.1) is 0 Å². The van der Waals surface area contributed by atoms with Crippen LogP contribution in [0.2, 0.25) is 0 Å². The fourth-order valence-electron chi connectivity index (χ4n) is 2.23. The molecule has 0 aliphatic carbocycles. The Morgan fingerprint density at radius 3 is 2.33 bits per heavy atom. The average Bonchev–Trinajstić information content (AvgIpc) is 2.56. The summed E-state index contributed by atoms with van der Waals surface area (Å²) >= 11 is 0. The SMILES string of the molecule is Cc1ccc(OCCCOc2ccc(C(=O)C(C)C)cc2N)cc1. The van der Waals surface area contributed by atoms with E-state index in [1.54, 1.807) is 18.2 Å². The topological polar surface area (TPSA) is 61.5 Å². The van der Waals surface area contributed by atoms with E-state index >= 15 is 0 Å². The Kier molecular flexibility index (Phi) is 6.24. The smallest absolute Gasteiger partial charge is 0.165 e.